The van der Waals surface area contributed by atoms with E-state index in [9.17, 15) is 0 Å². The van der Waals surface area contributed by atoms with Crippen LogP contribution in [0.4, 0.5) is 0 Å². The molecular weight excluding hydrogens is 252 g/mol. The molecule has 0 spiro atoms. The minimum atomic E-state index is 0.637. The molecule has 0 atom stereocenters. The third-order valence-electron chi connectivity index (χ3n) is 3.41. The summed E-state index contributed by atoms with van der Waals surface area (Å²) in [6.07, 6.45) is 8.12. The molecule has 2 rings (SSSR count). The van der Waals surface area contributed by atoms with Crippen molar-refractivity contribution in [1.29, 1.82) is 0 Å². The second-order valence-corrected chi connectivity index (χ2v) is 5.37. The van der Waals surface area contributed by atoms with E-state index in [0.29, 0.717) is 6.04 Å². The van der Waals surface area contributed by atoms with Gasteiger partial charge in [-0.3, -0.25) is 4.68 Å². The quantitative estimate of drug-likeness (QED) is 0.701. The number of aromatic nitrogens is 2. The molecular formula is C12H19BrN2. The Kier molecular flexibility index (Phi) is 3.49. The molecule has 0 bridgehead atoms. The van der Waals surface area contributed by atoms with Crippen LogP contribution in [-0.2, 0) is 0 Å². The van der Waals surface area contributed by atoms with Crippen molar-refractivity contribution in [3.05, 3.63) is 15.9 Å². The standard InChI is InChI=1S/C12H19BrN2/c1-9-12(13)10(2)15(14-9)11-7-5-3-4-6-8-11/h11H,3-8H2,1-2H3. The fourth-order valence-corrected chi connectivity index (χ4v) is 2.76. The Hall–Kier alpha value is -0.310. The van der Waals surface area contributed by atoms with Gasteiger partial charge in [-0.1, -0.05) is 25.7 Å². The molecule has 15 heavy (non-hydrogen) atoms. The number of nitrogens with zero attached hydrogens (tertiary/aromatic N) is 2. The topological polar surface area (TPSA) is 17.8 Å². The van der Waals surface area contributed by atoms with Crippen LogP contribution in [0.2, 0.25) is 0 Å². The van der Waals surface area contributed by atoms with Gasteiger partial charge in [0.25, 0.3) is 0 Å². The number of hydrogen-bond donors (Lipinski definition) is 0. The molecule has 1 fully saturated rings. The van der Waals surface area contributed by atoms with Crippen molar-refractivity contribution in [2.45, 2.75) is 58.4 Å². The zero-order valence-electron chi connectivity index (χ0n) is 9.59. The maximum Gasteiger partial charge on any atom is 0.0738 e. The largest absolute Gasteiger partial charge is 0.265 e. The molecule has 0 N–H and O–H groups in total. The van der Waals surface area contributed by atoms with E-state index < -0.39 is 0 Å². The molecule has 1 aromatic heterocycles. The van der Waals surface area contributed by atoms with Crippen molar-refractivity contribution >= 4 is 15.9 Å². The highest BCUT2D eigenvalue weighted by molar-refractivity contribution is 9.10. The molecule has 0 saturated heterocycles. The van der Waals surface area contributed by atoms with Gasteiger partial charge in [-0.15, -0.1) is 0 Å². The van der Waals surface area contributed by atoms with Gasteiger partial charge in [0.2, 0.25) is 0 Å². The van der Waals surface area contributed by atoms with Gasteiger partial charge >= 0.3 is 0 Å². The lowest BCUT2D eigenvalue weighted by Crippen LogP contribution is -2.11. The minimum Gasteiger partial charge on any atom is -0.265 e. The zero-order chi connectivity index (χ0) is 10.8. The Morgan fingerprint density at radius 1 is 1.13 bits per heavy atom. The van der Waals surface area contributed by atoms with Gasteiger partial charge in [0.05, 0.1) is 21.9 Å². The average Bonchev–Trinajstić information content (AvgIpc) is 2.51. The Balaban J connectivity index is 2.23. The van der Waals surface area contributed by atoms with Crippen LogP contribution in [0.25, 0.3) is 0 Å². The van der Waals surface area contributed by atoms with Crippen molar-refractivity contribution in [3.8, 4) is 0 Å². The summed E-state index contributed by atoms with van der Waals surface area (Å²) >= 11 is 3.60. The van der Waals surface area contributed by atoms with Crippen molar-refractivity contribution in [2.75, 3.05) is 0 Å². The van der Waals surface area contributed by atoms with E-state index >= 15 is 0 Å². The molecule has 3 heteroatoms. The van der Waals surface area contributed by atoms with Crippen molar-refractivity contribution in [1.82, 2.24) is 9.78 Å². The van der Waals surface area contributed by atoms with Crippen LogP contribution < -0.4 is 0 Å². The highest BCUT2D eigenvalue weighted by atomic mass is 79.9. The normalized spacial score (nSPS) is 19.1. The summed E-state index contributed by atoms with van der Waals surface area (Å²) in [4.78, 5) is 0. The summed E-state index contributed by atoms with van der Waals surface area (Å²) in [5.41, 5.74) is 2.41. The van der Waals surface area contributed by atoms with E-state index in [-0.39, 0.29) is 0 Å². The third kappa shape index (κ3) is 2.27. The van der Waals surface area contributed by atoms with Crippen LogP contribution in [0.15, 0.2) is 4.47 Å². The van der Waals surface area contributed by atoms with Gasteiger partial charge in [-0.2, -0.15) is 5.10 Å². The van der Waals surface area contributed by atoms with E-state index in [0.717, 1.165) is 5.69 Å². The average molecular weight is 271 g/mol. The van der Waals surface area contributed by atoms with Gasteiger partial charge < -0.3 is 0 Å². The van der Waals surface area contributed by atoms with Crippen molar-refractivity contribution < 1.29 is 0 Å². The van der Waals surface area contributed by atoms with Gasteiger partial charge in [0, 0.05) is 0 Å². The first-order valence-electron chi connectivity index (χ1n) is 5.91. The van der Waals surface area contributed by atoms with E-state index in [1.807, 2.05) is 0 Å². The molecule has 0 aromatic carbocycles. The number of rotatable bonds is 1. The molecule has 84 valence electrons. The Morgan fingerprint density at radius 2 is 1.73 bits per heavy atom. The third-order valence-corrected chi connectivity index (χ3v) is 4.55. The second-order valence-electron chi connectivity index (χ2n) is 4.57. The molecule has 1 heterocycles. The summed E-state index contributed by atoms with van der Waals surface area (Å²) in [6.45, 7) is 4.24. The predicted octanol–water partition coefficient (Wildman–Crippen LogP) is 4.16. The van der Waals surface area contributed by atoms with Crippen LogP contribution in [-0.4, -0.2) is 9.78 Å². The summed E-state index contributed by atoms with van der Waals surface area (Å²) < 4.78 is 3.43. The smallest absolute Gasteiger partial charge is 0.0738 e. The molecule has 0 aliphatic heterocycles. The lowest BCUT2D eigenvalue weighted by Gasteiger charge is -2.16. The van der Waals surface area contributed by atoms with E-state index in [2.05, 4.69) is 39.6 Å². The molecule has 1 aromatic rings. The monoisotopic (exact) mass is 270 g/mol. The number of aryl methyl sites for hydroxylation is 1. The Bertz CT molecular complexity index is 336. The number of halogens is 1. The first-order valence-corrected chi connectivity index (χ1v) is 6.70. The molecule has 1 aliphatic carbocycles. The van der Waals surface area contributed by atoms with Crippen molar-refractivity contribution in [3.63, 3.8) is 0 Å². The van der Waals surface area contributed by atoms with Crippen molar-refractivity contribution in [2.24, 2.45) is 0 Å². The highest BCUT2D eigenvalue weighted by Gasteiger charge is 2.18. The van der Waals surface area contributed by atoms with E-state index in [1.54, 1.807) is 0 Å². The summed E-state index contributed by atoms with van der Waals surface area (Å²) in [6, 6.07) is 0.637. The summed E-state index contributed by atoms with van der Waals surface area (Å²) in [7, 11) is 0. The number of hydrogen-bond acceptors (Lipinski definition) is 1. The van der Waals surface area contributed by atoms with Crippen LogP contribution in [0.5, 0.6) is 0 Å². The van der Waals surface area contributed by atoms with E-state index in [1.165, 1.54) is 48.7 Å². The zero-order valence-corrected chi connectivity index (χ0v) is 11.2. The Labute approximate surface area is 100 Å². The fraction of sp³-hybridized carbons (Fsp3) is 0.750. The molecule has 1 aliphatic rings. The first-order chi connectivity index (χ1) is 7.20. The molecule has 0 unspecified atom stereocenters. The Morgan fingerprint density at radius 3 is 2.20 bits per heavy atom. The maximum atomic E-state index is 4.64. The van der Waals surface area contributed by atoms with Gasteiger partial charge in [0.15, 0.2) is 0 Å². The molecule has 0 amide bonds. The maximum absolute atomic E-state index is 4.64. The van der Waals surface area contributed by atoms with Crippen LogP contribution in [0, 0.1) is 13.8 Å². The van der Waals surface area contributed by atoms with Gasteiger partial charge in [0.1, 0.15) is 0 Å². The first kappa shape index (κ1) is 11.2. The predicted molar refractivity (Wildman–Crippen MR) is 66.1 cm³/mol. The highest BCUT2D eigenvalue weighted by Crippen LogP contribution is 2.30. The van der Waals surface area contributed by atoms with Crippen LogP contribution >= 0.6 is 15.9 Å². The molecule has 0 radical (unpaired) electrons. The second kappa shape index (κ2) is 4.69. The molecule has 1 saturated carbocycles. The SMILES string of the molecule is Cc1nn(C2CCCCCC2)c(C)c1Br. The van der Waals surface area contributed by atoms with Crippen LogP contribution in [0.1, 0.15) is 56.0 Å². The summed E-state index contributed by atoms with van der Waals surface area (Å²) in [5, 5.41) is 4.64. The fourth-order valence-electron chi connectivity index (χ4n) is 2.50. The van der Waals surface area contributed by atoms with E-state index in [4.69, 9.17) is 0 Å². The minimum absolute atomic E-state index is 0.637. The van der Waals surface area contributed by atoms with Gasteiger partial charge in [-0.25, -0.2) is 0 Å². The summed E-state index contributed by atoms with van der Waals surface area (Å²) in [5.74, 6) is 0. The van der Waals surface area contributed by atoms with Crippen LogP contribution in [0.3, 0.4) is 0 Å². The lowest BCUT2D eigenvalue weighted by molar-refractivity contribution is 0.396. The lowest BCUT2D eigenvalue weighted by atomic mass is 10.1. The molecule has 2 nitrogen and oxygen atoms in total. The van der Waals surface area contributed by atoms with Gasteiger partial charge in [-0.05, 0) is 42.6 Å².